The van der Waals surface area contributed by atoms with Gasteiger partial charge in [-0.05, 0) is 38.0 Å². The lowest BCUT2D eigenvalue weighted by Gasteiger charge is -2.21. The normalized spacial score (nSPS) is 24.1. The van der Waals surface area contributed by atoms with E-state index < -0.39 is 0 Å². The molecule has 1 saturated heterocycles. The Labute approximate surface area is 141 Å². The van der Waals surface area contributed by atoms with E-state index in [2.05, 4.69) is 24.5 Å². The standard InChI is InChI=1S/C18H35N3O2/c1-3-19-17(21-15-18(2)8-4-5-9-18)20-10-6-11-22-13-16-7-12-23-14-16/h16H,3-15H2,1-2H3,(H2,19,20,21). The summed E-state index contributed by atoms with van der Waals surface area (Å²) >= 11 is 0. The molecule has 5 nitrogen and oxygen atoms in total. The number of guanidine groups is 1. The van der Waals surface area contributed by atoms with Crippen molar-refractivity contribution in [2.24, 2.45) is 16.3 Å². The summed E-state index contributed by atoms with van der Waals surface area (Å²) in [6.45, 7) is 10.6. The Morgan fingerprint density at radius 2 is 2.13 bits per heavy atom. The summed E-state index contributed by atoms with van der Waals surface area (Å²) < 4.78 is 11.1. The van der Waals surface area contributed by atoms with Crippen LogP contribution in [-0.4, -0.2) is 52.0 Å². The highest BCUT2D eigenvalue weighted by atomic mass is 16.5. The first kappa shape index (κ1) is 18.5. The van der Waals surface area contributed by atoms with Gasteiger partial charge in [0.2, 0.25) is 0 Å². The van der Waals surface area contributed by atoms with Gasteiger partial charge in [-0.15, -0.1) is 0 Å². The van der Waals surface area contributed by atoms with Gasteiger partial charge in [-0.25, -0.2) is 0 Å². The smallest absolute Gasteiger partial charge is 0.191 e. The first-order valence-corrected chi connectivity index (χ1v) is 9.39. The molecule has 0 aromatic carbocycles. The van der Waals surface area contributed by atoms with Gasteiger partial charge in [0.25, 0.3) is 0 Å². The summed E-state index contributed by atoms with van der Waals surface area (Å²) in [6, 6.07) is 0. The zero-order valence-corrected chi connectivity index (χ0v) is 15.0. The minimum Gasteiger partial charge on any atom is -0.381 e. The van der Waals surface area contributed by atoms with E-state index >= 15 is 0 Å². The lowest BCUT2D eigenvalue weighted by atomic mass is 9.89. The van der Waals surface area contributed by atoms with Crippen LogP contribution in [0.3, 0.4) is 0 Å². The molecule has 134 valence electrons. The molecule has 2 rings (SSSR count). The number of hydrogen-bond donors (Lipinski definition) is 2. The molecule has 2 N–H and O–H groups in total. The largest absolute Gasteiger partial charge is 0.381 e. The summed E-state index contributed by atoms with van der Waals surface area (Å²) in [5.41, 5.74) is 0.412. The van der Waals surface area contributed by atoms with Crippen LogP contribution in [0.2, 0.25) is 0 Å². The molecule has 23 heavy (non-hydrogen) atoms. The number of rotatable bonds is 9. The summed E-state index contributed by atoms with van der Waals surface area (Å²) in [4.78, 5) is 4.79. The van der Waals surface area contributed by atoms with Gasteiger partial charge in [0.05, 0.1) is 13.2 Å². The van der Waals surface area contributed by atoms with Gasteiger partial charge in [-0.3, -0.25) is 4.99 Å². The molecule has 1 unspecified atom stereocenters. The maximum absolute atomic E-state index is 5.74. The Morgan fingerprint density at radius 3 is 2.83 bits per heavy atom. The van der Waals surface area contributed by atoms with Crippen molar-refractivity contribution in [3.05, 3.63) is 0 Å². The molecule has 1 atom stereocenters. The predicted molar refractivity (Wildman–Crippen MR) is 94.9 cm³/mol. The van der Waals surface area contributed by atoms with E-state index in [-0.39, 0.29) is 0 Å². The third-order valence-electron chi connectivity index (χ3n) is 4.91. The maximum Gasteiger partial charge on any atom is 0.191 e. The van der Waals surface area contributed by atoms with Crippen LogP contribution < -0.4 is 10.6 Å². The molecule has 1 aliphatic carbocycles. The highest BCUT2D eigenvalue weighted by Crippen LogP contribution is 2.37. The fraction of sp³-hybridized carbons (Fsp3) is 0.944. The van der Waals surface area contributed by atoms with Crippen LogP contribution in [0.25, 0.3) is 0 Å². The Bertz CT molecular complexity index is 348. The molecule has 1 heterocycles. The Kier molecular flexibility index (Phi) is 8.17. The highest BCUT2D eigenvalue weighted by molar-refractivity contribution is 5.79. The van der Waals surface area contributed by atoms with Crippen molar-refractivity contribution in [3.63, 3.8) is 0 Å². The maximum atomic E-state index is 5.74. The molecule has 1 aliphatic heterocycles. The molecule has 0 bridgehead atoms. The van der Waals surface area contributed by atoms with Crippen LogP contribution >= 0.6 is 0 Å². The molecule has 2 fully saturated rings. The second-order valence-corrected chi connectivity index (χ2v) is 7.30. The molecule has 0 spiro atoms. The lowest BCUT2D eigenvalue weighted by molar-refractivity contribution is 0.0888. The van der Waals surface area contributed by atoms with E-state index in [9.17, 15) is 0 Å². The van der Waals surface area contributed by atoms with Crippen molar-refractivity contribution in [1.29, 1.82) is 0 Å². The number of nitrogens with zero attached hydrogens (tertiary/aromatic N) is 1. The first-order valence-electron chi connectivity index (χ1n) is 9.39. The fourth-order valence-corrected chi connectivity index (χ4v) is 3.34. The number of ether oxygens (including phenoxy) is 2. The molecule has 0 aromatic rings. The van der Waals surface area contributed by atoms with Gasteiger partial charge in [0.15, 0.2) is 5.96 Å². The molecule has 0 amide bonds. The second kappa shape index (κ2) is 10.1. The average molecular weight is 325 g/mol. The minimum absolute atomic E-state index is 0.412. The van der Waals surface area contributed by atoms with Crippen LogP contribution in [0.4, 0.5) is 0 Å². The van der Waals surface area contributed by atoms with E-state index in [1.54, 1.807) is 0 Å². The third-order valence-corrected chi connectivity index (χ3v) is 4.91. The van der Waals surface area contributed by atoms with Crippen molar-refractivity contribution in [2.75, 3.05) is 46.1 Å². The van der Waals surface area contributed by atoms with Crippen LogP contribution in [0.15, 0.2) is 4.99 Å². The van der Waals surface area contributed by atoms with E-state index in [4.69, 9.17) is 14.5 Å². The monoisotopic (exact) mass is 325 g/mol. The lowest BCUT2D eigenvalue weighted by Crippen LogP contribution is -2.39. The van der Waals surface area contributed by atoms with Crippen molar-refractivity contribution in [1.82, 2.24) is 10.6 Å². The summed E-state index contributed by atoms with van der Waals surface area (Å²) in [7, 11) is 0. The topological polar surface area (TPSA) is 54.9 Å². The Hall–Kier alpha value is -0.810. The number of nitrogens with one attached hydrogen (secondary N) is 2. The molecular weight excluding hydrogens is 290 g/mol. The summed E-state index contributed by atoms with van der Waals surface area (Å²) in [6.07, 6.45) is 7.51. The van der Waals surface area contributed by atoms with Crippen molar-refractivity contribution >= 4 is 5.96 Å². The van der Waals surface area contributed by atoms with Gasteiger partial charge < -0.3 is 20.1 Å². The van der Waals surface area contributed by atoms with Crippen molar-refractivity contribution in [2.45, 2.75) is 52.4 Å². The van der Waals surface area contributed by atoms with Crippen LogP contribution in [-0.2, 0) is 9.47 Å². The van der Waals surface area contributed by atoms with Crippen molar-refractivity contribution < 1.29 is 9.47 Å². The first-order chi connectivity index (χ1) is 11.2. The number of aliphatic imine (C=N–C) groups is 1. The summed E-state index contributed by atoms with van der Waals surface area (Å²) in [5, 5.41) is 6.77. The van der Waals surface area contributed by atoms with Crippen LogP contribution in [0.1, 0.15) is 52.4 Å². The zero-order chi connectivity index (χ0) is 16.4. The predicted octanol–water partition coefficient (Wildman–Crippen LogP) is 2.57. The minimum atomic E-state index is 0.412. The fourth-order valence-electron chi connectivity index (χ4n) is 3.34. The van der Waals surface area contributed by atoms with Gasteiger partial charge in [0, 0.05) is 38.8 Å². The van der Waals surface area contributed by atoms with Gasteiger partial charge in [-0.2, -0.15) is 0 Å². The third kappa shape index (κ3) is 7.08. The van der Waals surface area contributed by atoms with Gasteiger partial charge in [-0.1, -0.05) is 19.8 Å². The zero-order valence-electron chi connectivity index (χ0n) is 15.0. The van der Waals surface area contributed by atoms with Gasteiger partial charge in [0.1, 0.15) is 0 Å². The van der Waals surface area contributed by atoms with E-state index in [1.165, 1.54) is 25.7 Å². The molecular formula is C18H35N3O2. The number of hydrogen-bond acceptors (Lipinski definition) is 3. The molecule has 1 saturated carbocycles. The van der Waals surface area contributed by atoms with Crippen LogP contribution in [0, 0.1) is 11.3 Å². The van der Waals surface area contributed by atoms with E-state index in [0.717, 1.165) is 64.9 Å². The SMILES string of the molecule is CCNC(=NCC1(C)CCCC1)NCCCOCC1CCOC1. The molecule has 0 aromatic heterocycles. The highest BCUT2D eigenvalue weighted by Gasteiger charge is 2.28. The van der Waals surface area contributed by atoms with Gasteiger partial charge >= 0.3 is 0 Å². The average Bonchev–Trinajstić information content (AvgIpc) is 3.20. The Morgan fingerprint density at radius 1 is 1.30 bits per heavy atom. The Balaban J connectivity index is 1.57. The van der Waals surface area contributed by atoms with Crippen molar-refractivity contribution in [3.8, 4) is 0 Å². The van der Waals surface area contributed by atoms with Crippen LogP contribution in [0.5, 0.6) is 0 Å². The van der Waals surface area contributed by atoms with E-state index in [1.807, 2.05) is 0 Å². The second-order valence-electron chi connectivity index (χ2n) is 7.30. The molecule has 0 radical (unpaired) electrons. The molecule has 5 heteroatoms. The summed E-state index contributed by atoms with van der Waals surface area (Å²) in [5.74, 6) is 1.55. The molecule has 2 aliphatic rings. The quantitative estimate of drug-likeness (QED) is 0.389. The van der Waals surface area contributed by atoms with E-state index in [0.29, 0.717) is 11.3 Å².